The van der Waals surface area contributed by atoms with Crippen LogP contribution in [-0.4, -0.2) is 56.7 Å². The maximum absolute atomic E-state index is 13.6. The Morgan fingerprint density at radius 2 is 1.66 bits per heavy atom. The quantitative estimate of drug-likeness (QED) is 0.293. The number of fused-ring (bicyclic) bond motifs is 1. The molecule has 1 aliphatic heterocycles. The summed E-state index contributed by atoms with van der Waals surface area (Å²) in [5.74, 6) is 2.17. The summed E-state index contributed by atoms with van der Waals surface area (Å²) in [6.07, 6.45) is 5.70. The molecular formula is C31H38N6O. The van der Waals surface area contributed by atoms with Gasteiger partial charge in [-0.3, -0.25) is 4.79 Å². The lowest BCUT2D eigenvalue weighted by atomic mass is 9.95. The number of benzene rings is 2. The summed E-state index contributed by atoms with van der Waals surface area (Å²) in [6, 6.07) is 20.3. The highest BCUT2D eigenvalue weighted by Crippen LogP contribution is 2.30. The van der Waals surface area contributed by atoms with Crippen molar-refractivity contribution in [3.8, 4) is 5.69 Å². The molecular weight excluding hydrogens is 472 g/mol. The average Bonchev–Trinajstić information content (AvgIpc) is 3.23. The summed E-state index contributed by atoms with van der Waals surface area (Å²) in [5, 5.41) is 5.68. The van der Waals surface area contributed by atoms with Crippen LogP contribution in [0.15, 0.2) is 66.9 Å². The standard InChI is InChI=1S/C31H38N6O/c1-4-13-23(3)28-33-29(27-22-32-37(30(27)34-28)25-16-10-7-11-17-25)35-18-12-19-36(21-20-35)31(38)26(5-2)24-14-8-6-9-15-24/h6-11,14-17,22-23,26H,4-5,12-13,18-21H2,1-3H3/t23-,26-/m1/s1. The van der Waals surface area contributed by atoms with Crippen molar-refractivity contribution in [1.82, 2.24) is 24.6 Å². The highest BCUT2D eigenvalue weighted by Gasteiger charge is 2.28. The number of amides is 1. The molecule has 1 saturated heterocycles. The van der Waals surface area contributed by atoms with Gasteiger partial charge in [0.1, 0.15) is 11.6 Å². The fraction of sp³-hybridized carbons (Fsp3) is 0.419. The maximum Gasteiger partial charge on any atom is 0.230 e. The van der Waals surface area contributed by atoms with Crippen LogP contribution in [-0.2, 0) is 4.79 Å². The Kier molecular flexibility index (Phi) is 8.01. The third kappa shape index (κ3) is 5.28. The Balaban J connectivity index is 1.45. The lowest BCUT2D eigenvalue weighted by molar-refractivity contribution is -0.132. The van der Waals surface area contributed by atoms with Gasteiger partial charge in [-0.25, -0.2) is 14.6 Å². The van der Waals surface area contributed by atoms with Gasteiger partial charge in [0.15, 0.2) is 5.65 Å². The first-order valence-corrected chi connectivity index (χ1v) is 14.0. The van der Waals surface area contributed by atoms with E-state index in [1.54, 1.807) is 0 Å². The molecule has 38 heavy (non-hydrogen) atoms. The van der Waals surface area contributed by atoms with Crippen molar-refractivity contribution in [3.05, 3.63) is 78.2 Å². The molecule has 198 valence electrons. The van der Waals surface area contributed by atoms with E-state index >= 15 is 0 Å². The molecule has 2 aromatic carbocycles. The van der Waals surface area contributed by atoms with Gasteiger partial charge in [-0.15, -0.1) is 0 Å². The van der Waals surface area contributed by atoms with E-state index in [-0.39, 0.29) is 17.7 Å². The number of hydrogen-bond acceptors (Lipinski definition) is 5. The van der Waals surface area contributed by atoms with Crippen LogP contribution in [0.25, 0.3) is 16.7 Å². The highest BCUT2D eigenvalue weighted by atomic mass is 16.2. The second-order valence-corrected chi connectivity index (χ2v) is 10.3. The number of rotatable bonds is 8. The number of hydrogen-bond donors (Lipinski definition) is 0. The van der Waals surface area contributed by atoms with Gasteiger partial charge in [0, 0.05) is 32.1 Å². The van der Waals surface area contributed by atoms with Crippen LogP contribution in [0.5, 0.6) is 0 Å². The van der Waals surface area contributed by atoms with Crippen molar-refractivity contribution in [2.24, 2.45) is 0 Å². The van der Waals surface area contributed by atoms with Gasteiger partial charge < -0.3 is 9.80 Å². The maximum atomic E-state index is 13.6. The number of aromatic nitrogens is 4. The molecule has 1 amide bonds. The van der Waals surface area contributed by atoms with Crippen molar-refractivity contribution < 1.29 is 4.79 Å². The molecule has 1 fully saturated rings. The second-order valence-electron chi connectivity index (χ2n) is 10.3. The zero-order valence-electron chi connectivity index (χ0n) is 22.8. The molecule has 0 unspecified atom stereocenters. The molecule has 2 atom stereocenters. The molecule has 1 aliphatic rings. The molecule has 7 heteroatoms. The Morgan fingerprint density at radius 3 is 2.37 bits per heavy atom. The molecule has 0 spiro atoms. The second kappa shape index (κ2) is 11.8. The highest BCUT2D eigenvalue weighted by molar-refractivity contribution is 5.88. The van der Waals surface area contributed by atoms with Gasteiger partial charge in [-0.1, -0.05) is 75.7 Å². The summed E-state index contributed by atoms with van der Waals surface area (Å²) in [4.78, 5) is 28.1. The first-order valence-electron chi connectivity index (χ1n) is 14.0. The van der Waals surface area contributed by atoms with Crippen LogP contribution in [0.2, 0.25) is 0 Å². The Hall–Kier alpha value is -3.74. The molecule has 4 aromatic rings. The van der Waals surface area contributed by atoms with Gasteiger partial charge in [0.05, 0.1) is 23.2 Å². The summed E-state index contributed by atoms with van der Waals surface area (Å²) in [5.41, 5.74) is 2.92. The predicted octanol–water partition coefficient (Wildman–Crippen LogP) is 5.95. The van der Waals surface area contributed by atoms with Crippen LogP contribution >= 0.6 is 0 Å². The van der Waals surface area contributed by atoms with Gasteiger partial charge in [-0.2, -0.15) is 5.10 Å². The van der Waals surface area contributed by atoms with Crippen molar-refractivity contribution in [1.29, 1.82) is 0 Å². The fourth-order valence-electron chi connectivity index (χ4n) is 5.50. The SMILES string of the molecule is CCC[C@@H](C)c1nc(N2CCCN(C(=O)[C@H](CC)c3ccccc3)CC2)c2cnn(-c3ccccc3)c2n1. The van der Waals surface area contributed by atoms with Crippen LogP contribution in [0, 0.1) is 0 Å². The zero-order chi connectivity index (χ0) is 26.5. The molecule has 0 saturated carbocycles. The number of carbonyl (C=O) groups is 1. The number of carbonyl (C=O) groups excluding carboxylic acids is 1. The van der Waals surface area contributed by atoms with Gasteiger partial charge in [-0.05, 0) is 37.0 Å². The van der Waals surface area contributed by atoms with E-state index in [0.29, 0.717) is 6.54 Å². The van der Waals surface area contributed by atoms with Crippen molar-refractivity contribution in [3.63, 3.8) is 0 Å². The van der Waals surface area contributed by atoms with Crippen molar-refractivity contribution in [2.75, 3.05) is 31.1 Å². The van der Waals surface area contributed by atoms with E-state index in [4.69, 9.17) is 15.1 Å². The molecule has 3 heterocycles. The minimum Gasteiger partial charge on any atom is -0.354 e. The van der Waals surface area contributed by atoms with Gasteiger partial charge in [0.2, 0.25) is 5.91 Å². The number of para-hydroxylation sites is 1. The Labute approximate surface area is 225 Å². The average molecular weight is 511 g/mol. The van der Waals surface area contributed by atoms with E-state index in [1.165, 1.54) is 0 Å². The van der Waals surface area contributed by atoms with E-state index in [0.717, 1.165) is 79.2 Å². The molecule has 7 nitrogen and oxygen atoms in total. The van der Waals surface area contributed by atoms with E-state index in [1.807, 2.05) is 52.2 Å². The van der Waals surface area contributed by atoms with Gasteiger partial charge in [0.25, 0.3) is 0 Å². The molecule has 2 aromatic heterocycles. The molecule has 5 rings (SSSR count). The lowest BCUT2D eigenvalue weighted by Crippen LogP contribution is -2.38. The normalized spacial score (nSPS) is 15.9. The molecule has 0 bridgehead atoms. The summed E-state index contributed by atoms with van der Waals surface area (Å²) >= 11 is 0. The first-order chi connectivity index (χ1) is 18.6. The van der Waals surface area contributed by atoms with Crippen LogP contribution < -0.4 is 4.90 Å². The third-order valence-electron chi connectivity index (χ3n) is 7.60. The fourth-order valence-corrected chi connectivity index (χ4v) is 5.50. The first kappa shape index (κ1) is 25.9. The Morgan fingerprint density at radius 1 is 0.921 bits per heavy atom. The van der Waals surface area contributed by atoms with Gasteiger partial charge >= 0.3 is 0 Å². The molecule has 0 N–H and O–H groups in total. The number of anilines is 1. The smallest absolute Gasteiger partial charge is 0.230 e. The largest absolute Gasteiger partial charge is 0.354 e. The Bertz CT molecular complexity index is 1350. The van der Waals surface area contributed by atoms with Crippen molar-refractivity contribution in [2.45, 2.75) is 58.3 Å². The topological polar surface area (TPSA) is 67.2 Å². The molecule has 0 aliphatic carbocycles. The predicted molar refractivity (Wildman–Crippen MR) is 153 cm³/mol. The van der Waals surface area contributed by atoms with Crippen LogP contribution in [0.3, 0.4) is 0 Å². The summed E-state index contributed by atoms with van der Waals surface area (Å²) in [6.45, 7) is 9.52. The number of nitrogens with zero attached hydrogens (tertiary/aromatic N) is 6. The summed E-state index contributed by atoms with van der Waals surface area (Å²) in [7, 11) is 0. The van der Waals surface area contributed by atoms with Crippen LogP contribution in [0.4, 0.5) is 5.82 Å². The zero-order valence-corrected chi connectivity index (χ0v) is 22.8. The van der Waals surface area contributed by atoms with E-state index < -0.39 is 0 Å². The minimum atomic E-state index is -0.0980. The minimum absolute atomic E-state index is 0.0980. The van der Waals surface area contributed by atoms with E-state index in [2.05, 4.69) is 49.9 Å². The summed E-state index contributed by atoms with van der Waals surface area (Å²) < 4.78 is 1.92. The van der Waals surface area contributed by atoms with E-state index in [9.17, 15) is 4.79 Å². The van der Waals surface area contributed by atoms with Crippen LogP contribution in [0.1, 0.15) is 69.7 Å². The monoisotopic (exact) mass is 510 g/mol. The third-order valence-corrected chi connectivity index (χ3v) is 7.60. The lowest BCUT2D eigenvalue weighted by Gasteiger charge is -2.27. The molecule has 0 radical (unpaired) electrons. The van der Waals surface area contributed by atoms with Crippen molar-refractivity contribution >= 4 is 22.8 Å².